The van der Waals surface area contributed by atoms with Gasteiger partial charge in [0.25, 0.3) is 0 Å². The molecule has 4 aliphatic carbocycles. The second-order valence-electron chi connectivity index (χ2n) is 27.6. The number of hydrogen-bond acceptors (Lipinski definition) is 2. The van der Waals surface area contributed by atoms with Crippen molar-refractivity contribution in [2.45, 2.75) is 149 Å². The highest BCUT2D eigenvalue weighted by Crippen LogP contribution is 2.44. The summed E-state index contributed by atoms with van der Waals surface area (Å²) in [6.45, 7) is 13.9. The predicted molar refractivity (Wildman–Crippen MR) is 413 cm³/mol. The molecular weight excluding hydrogens is 1160 g/mol. The van der Waals surface area contributed by atoms with Crippen LogP contribution in [0.15, 0.2) is 302 Å². The molecular formula is C94H96N2. The summed E-state index contributed by atoms with van der Waals surface area (Å²) >= 11 is 0. The molecule has 0 amide bonds. The lowest BCUT2D eigenvalue weighted by atomic mass is 9.77. The first-order valence-electron chi connectivity index (χ1n) is 36.1. The van der Waals surface area contributed by atoms with Gasteiger partial charge in [-0.3, -0.25) is 0 Å². The van der Waals surface area contributed by atoms with Gasteiger partial charge in [-0.1, -0.05) is 319 Å². The van der Waals surface area contributed by atoms with Gasteiger partial charge < -0.3 is 9.80 Å². The minimum absolute atomic E-state index is 0.150. The van der Waals surface area contributed by atoms with Gasteiger partial charge in [0, 0.05) is 34.6 Å². The smallest absolute Gasteiger partial charge is 0.0562 e. The lowest BCUT2D eigenvalue weighted by Crippen LogP contribution is -2.34. The van der Waals surface area contributed by atoms with Crippen LogP contribution in [0.1, 0.15) is 155 Å². The van der Waals surface area contributed by atoms with Gasteiger partial charge in [0.1, 0.15) is 0 Å². The molecule has 9 aromatic rings. The van der Waals surface area contributed by atoms with Crippen LogP contribution in [0.2, 0.25) is 0 Å². The Kier molecular flexibility index (Phi) is 21.0. The molecule has 9 aromatic carbocycles. The van der Waals surface area contributed by atoms with Gasteiger partial charge in [-0.15, -0.1) is 0 Å². The Morgan fingerprint density at radius 3 is 1.41 bits per heavy atom. The van der Waals surface area contributed by atoms with E-state index in [2.05, 4.69) is 337 Å². The van der Waals surface area contributed by atoms with Crippen LogP contribution in [0.5, 0.6) is 0 Å². The summed E-state index contributed by atoms with van der Waals surface area (Å²) in [5.74, 6) is 0.894. The average molecular weight is 1250 g/mol. The molecule has 0 aliphatic heterocycles. The van der Waals surface area contributed by atoms with Crippen molar-refractivity contribution in [1.29, 1.82) is 0 Å². The van der Waals surface area contributed by atoms with E-state index in [1.807, 2.05) is 0 Å². The van der Waals surface area contributed by atoms with Gasteiger partial charge >= 0.3 is 0 Å². The summed E-state index contributed by atoms with van der Waals surface area (Å²) in [5, 5.41) is 0. The fourth-order valence-corrected chi connectivity index (χ4v) is 15.3. The van der Waals surface area contributed by atoms with Crippen LogP contribution >= 0.6 is 0 Å². The Morgan fingerprint density at radius 2 is 0.896 bits per heavy atom. The maximum absolute atomic E-state index is 2.71. The van der Waals surface area contributed by atoms with E-state index in [0.717, 1.165) is 32.1 Å². The van der Waals surface area contributed by atoms with E-state index in [1.165, 1.54) is 180 Å². The van der Waals surface area contributed by atoms with Crippen LogP contribution in [-0.2, 0) is 12.8 Å². The number of nitrogens with zero attached hydrogens (tertiary/aromatic N) is 2. The monoisotopic (exact) mass is 1250 g/mol. The van der Waals surface area contributed by atoms with Crippen LogP contribution in [0.3, 0.4) is 0 Å². The molecule has 4 aliphatic rings. The van der Waals surface area contributed by atoms with Crippen molar-refractivity contribution in [3.8, 4) is 44.5 Å². The van der Waals surface area contributed by atoms with Crippen molar-refractivity contribution in [3.63, 3.8) is 0 Å². The largest absolute Gasteiger partial charge is 0.335 e. The second-order valence-corrected chi connectivity index (χ2v) is 27.6. The lowest BCUT2D eigenvalue weighted by Gasteiger charge is -2.37. The number of benzene rings is 9. The number of anilines is 2. The third kappa shape index (κ3) is 15.3. The molecule has 13 rings (SSSR count). The Hall–Kier alpha value is -9.50. The van der Waals surface area contributed by atoms with Crippen LogP contribution in [0.4, 0.5) is 11.4 Å². The first-order valence-corrected chi connectivity index (χ1v) is 36.1. The predicted octanol–water partition coefficient (Wildman–Crippen LogP) is 25.5. The van der Waals surface area contributed by atoms with E-state index in [0.29, 0.717) is 5.92 Å². The van der Waals surface area contributed by atoms with E-state index in [1.54, 1.807) is 0 Å². The van der Waals surface area contributed by atoms with Gasteiger partial charge in [0.15, 0.2) is 0 Å². The van der Waals surface area contributed by atoms with Crippen LogP contribution < -0.4 is 9.80 Å². The maximum atomic E-state index is 2.71. The molecule has 0 radical (unpaired) electrons. The van der Waals surface area contributed by atoms with Crippen molar-refractivity contribution in [3.05, 3.63) is 347 Å². The number of hydrogen-bond donors (Lipinski definition) is 0. The fourth-order valence-electron chi connectivity index (χ4n) is 15.3. The first-order chi connectivity index (χ1) is 47.1. The van der Waals surface area contributed by atoms with E-state index in [-0.39, 0.29) is 23.9 Å². The van der Waals surface area contributed by atoms with Crippen LogP contribution in [-0.4, -0.2) is 12.1 Å². The molecule has 0 heterocycles. The second kappa shape index (κ2) is 30.9. The van der Waals surface area contributed by atoms with Crippen molar-refractivity contribution in [2.24, 2.45) is 5.92 Å². The lowest BCUT2D eigenvalue weighted by molar-refractivity contribution is 0.606. The Balaban J connectivity index is 0.813. The first kappa shape index (κ1) is 65.2. The summed E-state index contributed by atoms with van der Waals surface area (Å²) in [5.41, 5.74) is 30.2. The molecule has 2 nitrogen and oxygen atoms in total. The van der Waals surface area contributed by atoms with Crippen molar-refractivity contribution >= 4 is 22.5 Å². The molecule has 5 atom stereocenters. The molecule has 0 saturated carbocycles. The minimum atomic E-state index is 0.150. The van der Waals surface area contributed by atoms with E-state index in [4.69, 9.17) is 0 Å². The molecule has 0 aromatic heterocycles. The Bertz CT molecular complexity index is 4370. The highest BCUT2D eigenvalue weighted by atomic mass is 15.2. The molecule has 96 heavy (non-hydrogen) atoms. The molecule has 482 valence electrons. The van der Waals surface area contributed by atoms with Gasteiger partial charge in [-0.2, -0.15) is 0 Å². The summed E-state index contributed by atoms with van der Waals surface area (Å²) in [6.07, 6.45) is 42.4. The normalized spacial score (nSPS) is 18.3. The summed E-state index contributed by atoms with van der Waals surface area (Å²) in [7, 11) is 0. The summed E-state index contributed by atoms with van der Waals surface area (Å²) < 4.78 is 0. The van der Waals surface area contributed by atoms with E-state index in [9.17, 15) is 0 Å². The third-order valence-corrected chi connectivity index (χ3v) is 20.7. The standard InChI is InChI=1S/C94H96N2/c1-7-9-11-15-29-83-65-94(92-60-58-90(64-70(92)6)96(88-55-47-80(48-56-88)82-32-22-24-68(4)62-82)86-51-43-78(44-52-86)76-39-35-74(36-40-76)72-27-19-14-20-28-72)84(30-16-12-10-8-2)66-93(83)91-59-57-89(63-69(91)5)95(87-53-45-79(46-54-87)81-31-21-23-67(3)61-81)85-49-41-77(42-50-85)75-37-33-73(34-38-75)71-25-17-13-18-26-71/h13-14,17-28,31-47,49-53,55-57,59-66,69,80,87,90-91H,7-12,15-16,29-30,48,54,58H2,1-6H3. The van der Waals surface area contributed by atoms with Crippen LogP contribution in [0, 0.1) is 19.8 Å². The Labute approximate surface area is 574 Å². The number of rotatable bonds is 24. The topological polar surface area (TPSA) is 6.48 Å². The zero-order valence-corrected chi connectivity index (χ0v) is 57.6. The minimum Gasteiger partial charge on any atom is -0.335 e. The molecule has 2 heteroatoms. The van der Waals surface area contributed by atoms with Crippen molar-refractivity contribution in [2.75, 3.05) is 9.80 Å². The van der Waals surface area contributed by atoms with Gasteiger partial charge in [0.2, 0.25) is 0 Å². The molecule has 0 fully saturated rings. The zero-order chi connectivity index (χ0) is 65.7. The van der Waals surface area contributed by atoms with Gasteiger partial charge in [-0.05, 0) is 203 Å². The summed E-state index contributed by atoms with van der Waals surface area (Å²) in [6, 6.07) is 81.9. The quantitative estimate of drug-likeness (QED) is 0.0557. The number of unbranched alkanes of at least 4 members (excludes halogenated alkanes) is 6. The third-order valence-electron chi connectivity index (χ3n) is 20.7. The molecule has 0 N–H and O–H groups in total. The number of aryl methyl sites for hydroxylation is 4. The molecule has 0 saturated heterocycles. The maximum Gasteiger partial charge on any atom is 0.0562 e. The average Bonchev–Trinajstić information content (AvgIpc) is 0.796. The molecule has 0 bridgehead atoms. The van der Waals surface area contributed by atoms with E-state index < -0.39 is 0 Å². The number of allylic oxidation sites excluding steroid dienone is 10. The fraction of sp³-hybridized carbons (Fsp3) is 0.255. The highest BCUT2D eigenvalue weighted by molar-refractivity contribution is 5.84. The summed E-state index contributed by atoms with van der Waals surface area (Å²) in [4.78, 5) is 5.24. The van der Waals surface area contributed by atoms with Crippen molar-refractivity contribution < 1.29 is 0 Å². The van der Waals surface area contributed by atoms with Gasteiger partial charge in [-0.25, -0.2) is 0 Å². The SMILES string of the molecule is CCCCCCc1cc(C2C=CC(N(c3ccc(-c4ccc(-c5ccccc5)cc4)cc3)C3C=CC(c4cccc(C)c4)=CC3)=CC2C)c(CCCCCC)cc1C1=CCC(N(C2=CCC(c3cccc(C)c3)C=C2)c2ccc(-c3ccc(-c4ccccc4)cc3)cc2)C=C1C. The zero-order valence-electron chi connectivity index (χ0n) is 57.6. The van der Waals surface area contributed by atoms with E-state index >= 15 is 0 Å². The van der Waals surface area contributed by atoms with Crippen LogP contribution in [0.25, 0.3) is 55.7 Å². The van der Waals surface area contributed by atoms with Gasteiger partial charge in [0.05, 0.1) is 12.1 Å². The molecule has 0 spiro atoms. The Morgan fingerprint density at radius 1 is 0.385 bits per heavy atom. The highest BCUT2D eigenvalue weighted by Gasteiger charge is 2.31. The van der Waals surface area contributed by atoms with Crippen molar-refractivity contribution in [1.82, 2.24) is 0 Å². The molecule has 5 unspecified atom stereocenters.